The minimum Gasteiger partial charge on any atom is -0.230 e. The van der Waals surface area contributed by atoms with E-state index in [2.05, 4.69) is 32.1 Å². The average Bonchev–Trinajstić information content (AvgIpc) is 3.06. The van der Waals surface area contributed by atoms with E-state index in [4.69, 9.17) is 11.6 Å². The lowest BCUT2D eigenvalue weighted by atomic mass is 10.2. The monoisotopic (exact) mass is 325 g/mol. The van der Waals surface area contributed by atoms with Crippen molar-refractivity contribution in [1.82, 2.24) is 14.6 Å². The molecule has 0 fully saturated rings. The molecule has 0 aliphatic heterocycles. The van der Waals surface area contributed by atoms with Crippen molar-refractivity contribution in [3.8, 4) is 11.3 Å². The highest BCUT2D eigenvalue weighted by Crippen LogP contribution is 2.31. The first kappa shape index (κ1) is 13.1. The number of benzene rings is 1. The Morgan fingerprint density at radius 1 is 1.21 bits per heavy atom. The summed E-state index contributed by atoms with van der Waals surface area (Å²) < 4.78 is 5.49. The number of hydrogen-bond acceptors (Lipinski definition) is 6. The topological polar surface area (TPSA) is 38.7 Å². The lowest BCUT2D eigenvalue weighted by Crippen LogP contribution is -1.82. The normalized spacial score (nSPS) is 10.8. The van der Waals surface area contributed by atoms with Crippen LogP contribution in [0.1, 0.15) is 5.69 Å². The van der Waals surface area contributed by atoms with E-state index in [-0.39, 0.29) is 0 Å². The van der Waals surface area contributed by atoms with Gasteiger partial charge in [-0.2, -0.15) is 0 Å². The Bertz CT molecular complexity index is 666. The highest BCUT2D eigenvalue weighted by molar-refractivity contribution is 8.00. The molecule has 0 aliphatic carbocycles. The van der Waals surface area contributed by atoms with Gasteiger partial charge in [0.15, 0.2) is 4.34 Å². The van der Waals surface area contributed by atoms with Gasteiger partial charge in [-0.15, -0.1) is 16.4 Å². The van der Waals surface area contributed by atoms with Crippen LogP contribution in [0.15, 0.2) is 40.1 Å². The average molecular weight is 326 g/mol. The molecule has 3 rings (SSSR count). The fourth-order valence-electron chi connectivity index (χ4n) is 1.48. The molecule has 19 heavy (non-hydrogen) atoms. The maximum Gasteiger partial charge on any atom is 0.150 e. The van der Waals surface area contributed by atoms with E-state index in [1.165, 1.54) is 11.5 Å². The zero-order valence-corrected chi connectivity index (χ0v) is 12.8. The predicted octanol–water partition coefficient (Wildman–Crippen LogP) is 4.61. The van der Waals surface area contributed by atoms with Gasteiger partial charge in [-0.1, -0.05) is 58.2 Å². The molecule has 0 atom stereocenters. The number of thiazole rings is 1. The van der Waals surface area contributed by atoms with E-state index in [0.29, 0.717) is 10.1 Å². The van der Waals surface area contributed by atoms with E-state index in [9.17, 15) is 0 Å². The van der Waals surface area contributed by atoms with Crippen LogP contribution in [0.5, 0.6) is 0 Å². The van der Waals surface area contributed by atoms with Gasteiger partial charge < -0.3 is 0 Å². The molecule has 0 spiro atoms. The van der Waals surface area contributed by atoms with Crippen molar-refractivity contribution in [2.45, 2.75) is 10.1 Å². The minimum absolute atomic E-state index is 0.660. The summed E-state index contributed by atoms with van der Waals surface area (Å²) in [5, 5.41) is 6.06. The van der Waals surface area contributed by atoms with Gasteiger partial charge in [0.2, 0.25) is 0 Å². The standard InChI is InChI=1S/C12H8ClN3S3/c13-11-10(15-16-19-11)7-18-12-14-9(6-17-12)8-4-2-1-3-5-8/h1-6H,7H2. The highest BCUT2D eigenvalue weighted by atomic mass is 35.5. The molecule has 3 aromatic rings. The molecule has 3 nitrogen and oxygen atoms in total. The Kier molecular flexibility index (Phi) is 4.12. The van der Waals surface area contributed by atoms with Crippen LogP contribution in [0, 0.1) is 0 Å². The Morgan fingerprint density at radius 3 is 2.79 bits per heavy atom. The van der Waals surface area contributed by atoms with Crippen molar-refractivity contribution in [2.75, 3.05) is 0 Å². The van der Waals surface area contributed by atoms with Gasteiger partial charge in [-0.3, -0.25) is 0 Å². The number of thioether (sulfide) groups is 1. The second-order valence-corrected chi connectivity index (χ2v) is 7.08. The van der Waals surface area contributed by atoms with Crippen molar-refractivity contribution in [3.63, 3.8) is 0 Å². The number of halogens is 1. The molecule has 0 saturated carbocycles. The first-order valence-electron chi connectivity index (χ1n) is 5.43. The molecule has 0 N–H and O–H groups in total. The van der Waals surface area contributed by atoms with Crippen molar-refractivity contribution in [3.05, 3.63) is 45.7 Å². The second kappa shape index (κ2) is 6.00. The molecule has 2 heterocycles. The minimum atomic E-state index is 0.660. The summed E-state index contributed by atoms with van der Waals surface area (Å²) in [7, 11) is 0. The summed E-state index contributed by atoms with van der Waals surface area (Å²) in [5.41, 5.74) is 2.97. The van der Waals surface area contributed by atoms with Crippen LogP contribution in [0.2, 0.25) is 4.34 Å². The second-order valence-electron chi connectivity index (χ2n) is 3.65. The summed E-state index contributed by atoms with van der Waals surface area (Å²) in [6, 6.07) is 10.2. The third-order valence-corrected chi connectivity index (χ3v) is 5.41. The van der Waals surface area contributed by atoms with Crippen molar-refractivity contribution < 1.29 is 0 Å². The molecule has 7 heteroatoms. The van der Waals surface area contributed by atoms with E-state index in [0.717, 1.165) is 21.3 Å². The molecular weight excluding hydrogens is 318 g/mol. The number of hydrogen-bond donors (Lipinski definition) is 0. The SMILES string of the molecule is Clc1snnc1CSc1nc(-c2ccccc2)cs1. The van der Waals surface area contributed by atoms with E-state index in [1.54, 1.807) is 23.1 Å². The van der Waals surface area contributed by atoms with Crippen molar-refractivity contribution in [1.29, 1.82) is 0 Å². The Morgan fingerprint density at radius 2 is 2.05 bits per heavy atom. The third-order valence-electron chi connectivity index (χ3n) is 2.39. The lowest BCUT2D eigenvalue weighted by Gasteiger charge is -1.95. The molecule has 0 unspecified atom stereocenters. The van der Waals surface area contributed by atoms with Crippen LogP contribution in [-0.4, -0.2) is 14.6 Å². The Balaban J connectivity index is 1.70. The van der Waals surface area contributed by atoms with Gasteiger partial charge in [-0.05, 0) is 0 Å². The summed E-state index contributed by atoms with van der Waals surface area (Å²) in [6.45, 7) is 0. The van der Waals surface area contributed by atoms with Gasteiger partial charge >= 0.3 is 0 Å². The first-order valence-corrected chi connectivity index (χ1v) is 8.45. The summed E-state index contributed by atoms with van der Waals surface area (Å²) in [6.07, 6.45) is 0. The van der Waals surface area contributed by atoms with Crippen LogP contribution in [0.25, 0.3) is 11.3 Å². The zero-order chi connectivity index (χ0) is 13.1. The molecule has 0 radical (unpaired) electrons. The third kappa shape index (κ3) is 3.14. The number of aromatic nitrogens is 3. The van der Waals surface area contributed by atoms with Gasteiger partial charge in [0.1, 0.15) is 10.0 Å². The maximum atomic E-state index is 5.97. The largest absolute Gasteiger partial charge is 0.230 e. The van der Waals surface area contributed by atoms with Crippen LogP contribution in [-0.2, 0) is 5.75 Å². The molecule has 0 aliphatic rings. The van der Waals surface area contributed by atoms with Crippen LogP contribution >= 0.6 is 46.2 Å². The lowest BCUT2D eigenvalue weighted by molar-refractivity contribution is 1.07. The Labute approximate surface area is 127 Å². The molecule has 0 amide bonds. The van der Waals surface area contributed by atoms with E-state index >= 15 is 0 Å². The first-order chi connectivity index (χ1) is 9.33. The summed E-state index contributed by atoms with van der Waals surface area (Å²) in [5.74, 6) is 0.705. The fourth-order valence-corrected chi connectivity index (χ4v) is 4.05. The van der Waals surface area contributed by atoms with Crippen LogP contribution in [0.4, 0.5) is 0 Å². The molecule has 0 bridgehead atoms. The smallest absolute Gasteiger partial charge is 0.150 e. The summed E-state index contributed by atoms with van der Waals surface area (Å²) in [4.78, 5) is 4.60. The molecule has 96 valence electrons. The molecular formula is C12H8ClN3S3. The Hall–Kier alpha value is -0.950. The van der Waals surface area contributed by atoms with Crippen LogP contribution in [0.3, 0.4) is 0 Å². The number of rotatable bonds is 4. The van der Waals surface area contributed by atoms with E-state index in [1.807, 2.05) is 18.2 Å². The van der Waals surface area contributed by atoms with E-state index < -0.39 is 0 Å². The molecule has 0 saturated heterocycles. The molecule has 2 aromatic heterocycles. The van der Waals surface area contributed by atoms with Crippen molar-refractivity contribution in [2.24, 2.45) is 0 Å². The predicted molar refractivity (Wildman–Crippen MR) is 82.0 cm³/mol. The van der Waals surface area contributed by atoms with Gasteiger partial charge in [0, 0.05) is 28.2 Å². The fraction of sp³-hybridized carbons (Fsp3) is 0.0833. The quantitative estimate of drug-likeness (QED) is 0.657. The van der Waals surface area contributed by atoms with Gasteiger partial charge in [0.25, 0.3) is 0 Å². The zero-order valence-electron chi connectivity index (χ0n) is 9.62. The number of nitrogens with zero attached hydrogens (tertiary/aromatic N) is 3. The maximum absolute atomic E-state index is 5.97. The highest BCUT2D eigenvalue weighted by Gasteiger charge is 2.09. The summed E-state index contributed by atoms with van der Waals surface area (Å²) >= 11 is 10.5. The van der Waals surface area contributed by atoms with Crippen molar-refractivity contribution >= 4 is 46.2 Å². The van der Waals surface area contributed by atoms with Gasteiger partial charge in [0.05, 0.1) is 5.69 Å². The van der Waals surface area contributed by atoms with Gasteiger partial charge in [-0.25, -0.2) is 4.98 Å². The molecule has 1 aromatic carbocycles. The van der Waals surface area contributed by atoms with Crippen LogP contribution < -0.4 is 0 Å².